The topological polar surface area (TPSA) is 49.4 Å². The van der Waals surface area contributed by atoms with Crippen LogP contribution in [0, 0.1) is 5.82 Å². The molecule has 1 aromatic carbocycles. The summed E-state index contributed by atoms with van der Waals surface area (Å²) in [5, 5.41) is 2.69. The summed E-state index contributed by atoms with van der Waals surface area (Å²) in [7, 11) is 1.41. The van der Waals surface area contributed by atoms with Gasteiger partial charge in [-0.1, -0.05) is 51.5 Å². The number of amides is 1. The zero-order chi connectivity index (χ0) is 32.1. The van der Waals surface area contributed by atoms with E-state index in [0.29, 0.717) is 5.92 Å². The number of allylic oxidation sites excluding steroid dienone is 3. The van der Waals surface area contributed by atoms with Gasteiger partial charge < -0.3 is 15.0 Å². The van der Waals surface area contributed by atoms with Crippen LogP contribution in [0.3, 0.4) is 0 Å². The third kappa shape index (κ3) is 11.7. The Bertz CT molecular complexity index is 1080. The summed E-state index contributed by atoms with van der Waals surface area (Å²) in [6, 6.07) is 2.70. The number of halogens is 6. The Morgan fingerprint density at radius 1 is 1.12 bits per heavy atom. The summed E-state index contributed by atoms with van der Waals surface area (Å²) in [6.45, 7) is 10.6. The molecule has 0 saturated heterocycles. The number of hydrogen-bond acceptors (Lipinski definition) is 3. The van der Waals surface area contributed by atoms with E-state index in [1.807, 2.05) is 0 Å². The number of hydrogen-bond donors (Lipinski definition) is 1. The Balaban J connectivity index is 0.00000114. The van der Waals surface area contributed by atoms with E-state index in [0.717, 1.165) is 42.9 Å². The molecule has 1 atom stereocenters. The van der Waals surface area contributed by atoms with Crippen molar-refractivity contribution in [2.75, 3.05) is 11.9 Å². The van der Waals surface area contributed by atoms with Crippen molar-refractivity contribution in [3.63, 3.8) is 0 Å². The Labute approximate surface area is 245 Å². The maximum absolute atomic E-state index is 15.0. The largest absolute Gasteiger partial charge is 0.416 e. The first-order valence-electron chi connectivity index (χ1n) is 14.4. The highest BCUT2D eigenvalue weighted by Gasteiger charge is 2.38. The van der Waals surface area contributed by atoms with Gasteiger partial charge >= 0.3 is 6.18 Å². The minimum absolute atomic E-state index is 0.0338. The van der Waals surface area contributed by atoms with E-state index in [1.54, 1.807) is 6.07 Å². The Kier molecular flexibility index (Phi) is 15.1. The predicted molar refractivity (Wildman–Crippen MR) is 156 cm³/mol. The smallest absolute Gasteiger partial charge is 0.357 e. The van der Waals surface area contributed by atoms with Crippen LogP contribution in [0.4, 0.5) is 32.0 Å². The van der Waals surface area contributed by atoms with E-state index >= 15 is 4.39 Å². The number of aldehydes is 1. The van der Waals surface area contributed by atoms with Crippen molar-refractivity contribution < 1.29 is 35.9 Å². The molecule has 3 rings (SSSR count). The lowest BCUT2D eigenvalue weighted by molar-refractivity contribution is -0.123. The summed E-state index contributed by atoms with van der Waals surface area (Å²) in [5.74, 6) is -3.82. The summed E-state index contributed by atoms with van der Waals surface area (Å²) < 4.78 is 82.5. The van der Waals surface area contributed by atoms with Gasteiger partial charge in [0.15, 0.2) is 0 Å². The number of carbonyl (C=O) groups excluding carboxylic acids is 2. The highest BCUT2D eigenvalue weighted by molar-refractivity contribution is 5.89. The van der Waals surface area contributed by atoms with Crippen molar-refractivity contribution in [3.8, 4) is 0 Å². The quantitative estimate of drug-likeness (QED) is 0.175. The molecule has 2 fully saturated rings. The van der Waals surface area contributed by atoms with Crippen LogP contribution in [0.25, 0.3) is 0 Å². The maximum atomic E-state index is 15.0. The van der Waals surface area contributed by atoms with Crippen LogP contribution in [0.2, 0.25) is 0 Å². The van der Waals surface area contributed by atoms with Gasteiger partial charge in [0.1, 0.15) is 18.1 Å². The Morgan fingerprint density at radius 2 is 1.67 bits per heavy atom. The summed E-state index contributed by atoms with van der Waals surface area (Å²) in [6.07, 6.45) is 2.74. The van der Waals surface area contributed by atoms with Crippen molar-refractivity contribution in [2.45, 2.75) is 109 Å². The number of benzene rings is 1. The van der Waals surface area contributed by atoms with Gasteiger partial charge in [0.2, 0.25) is 11.8 Å². The van der Waals surface area contributed by atoms with Crippen LogP contribution in [0.5, 0.6) is 0 Å². The van der Waals surface area contributed by atoms with Gasteiger partial charge in [-0.25, -0.2) is 13.2 Å². The van der Waals surface area contributed by atoms with Gasteiger partial charge in [-0.2, -0.15) is 13.2 Å². The molecule has 2 aliphatic rings. The molecule has 4 nitrogen and oxygen atoms in total. The monoisotopic (exact) mass is 602 g/mol. The van der Waals surface area contributed by atoms with Crippen molar-refractivity contribution in [1.29, 1.82) is 0 Å². The molecular weight excluding hydrogens is 558 g/mol. The highest BCUT2D eigenvalue weighted by atomic mass is 19.4. The third-order valence-electron chi connectivity index (χ3n) is 7.11. The second kappa shape index (κ2) is 17.2. The molecule has 0 spiro atoms. The number of nitrogens with one attached hydrogen (secondary N) is 1. The molecule has 0 aromatic heterocycles. The van der Waals surface area contributed by atoms with E-state index in [9.17, 15) is 26.7 Å². The number of anilines is 1. The van der Waals surface area contributed by atoms with Crippen molar-refractivity contribution >= 4 is 17.9 Å². The van der Waals surface area contributed by atoms with E-state index in [4.69, 9.17) is 4.79 Å². The zero-order valence-corrected chi connectivity index (χ0v) is 25.2. The summed E-state index contributed by atoms with van der Waals surface area (Å²) in [5.41, 5.74) is -0.217. The van der Waals surface area contributed by atoms with E-state index in [2.05, 4.69) is 25.7 Å². The molecule has 236 valence electrons. The molecule has 0 radical (unpaired) electrons. The van der Waals surface area contributed by atoms with Crippen LogP contribution in [-0.4, -0.2) is 43.4 Å². The average Bonchev–Trinajstić information content (AvgIpc) is 3.77. The molecule has 1 N–H and O–H groups in total. The van der Waals surface area contributed by atoms with Crippen LogP contribution >= 0.6 is 0 Å². The number of carbonyl (C=O) groups is 2. The van der Waals surface area contributed by atoms with Gasteiger partial charge in [-0.05, 0) is 74.8 Å². The van der Waals surface area contributed by atoms with Crippen LogP contribution in [0.1, 0.15) is 90.5 Å². The Morgan fingerprint density at radius 3 is 2.07 bits per heavy atom. The maximum Gasteiger partial charge on any atom is 0.416 e. The molecule has 1 amide bonds. The van der Waals surface area contributed by atoms with Crippen LogP contribution in [0.15, 0.2) is 54.2 Å². The molecular formula is C32H44F6N2O2. The number of likely N-dealkylation sites (N-methyl/N-ethyl adjacent to an activating group) is 1. The van der Waals surface area contributed by atoms with Crippen molar-refractivity contribution in [1.82, 2.24) is 5.32 Å². The fraction of sp³-hybridized carbons (Fsp3) is 0.562. The molecule has 2 saturated carbocycles. The minimum Gasteiger partial charge on any atom is -0.357 e. The van der Waals surface area contributed by atoms with Gasteiger partial charge in [0.25, 0.3) is 0 Å². The van der Waals surface area contributed by atoms with Crippen LogP contribution < -0.4 is 10.2 Å². The third-order valence-corrected chi connectivity index (χ3v) is 7.11. The molecule has 0 bridgehead atoms. The SMILES string of the molecule is C=C/C(=C\C(=C/C)C(F)(F)F)C(C(=O)NC1CCC(F)(F)CC1)N(C)c1ccc(C2CC2)cc1F.CC=O.CCCC. The van der Waals surface area contributed by atoms with Gasteiger partial charge in [0, 0.05) is 25.9 Å². The van der Waals surface area contributed by atoms with Gasteiger partial charge in [-0.15, -0.1) is 0 Å². The normalized spacial score (nSPS) is 18.0. The average molecular weight is 603 g/mol. The van der Waals surface area contributed by atoms with Crippen molar-refractivity contribution in [2.24, 2.45) is 0 Å². The van der Waals surface area contributed by atoms with Crippen molar-refractivity contribution in [3.05, 3.63) is 65.5 Å². The fourth-order valence-electron chi connectivity index (χ4n) is 4.39. The predicted octanol–water partition coefficient (Wildman–Crippen LogP) is 8.83. The number of unbranched alkanes of at least 4 members (excludes halogenated alkanes) is 1. The van der Waals surface area contributed by atoms with E-state index in [-0.39, 0.29) is 24.1 Å². The first kappa shape index (κ1) is 37.0. The standard InChI is InChI=1S/C26H30F6N2O.C4H10.C2H4O/c1-4-16(14-19(5-2)26(30,31)32)23(24(35)33-20-10-12-25(28,29)13-11-20)34(3)22-9-8-18(15-21(22)27)17-6-7-17;1-3-4-2;1-2-3/h4-5,8-9,14-15,17,20,23H,1,6-7,10-13H2,2-3H3,(H,33,35);3-4H2,1-2H3;2H,1H3/b16-14+,19-5+;;. The van der Waals surface area contributed by atoms with Crippen LogP contribution in [-0.2, 0) is 9.59 Å². The van der Waals surface area contributed by atoms with E-state index < -0.39 is 54.3 Å². The molecule has 1 aromatic rings. The molecule has 10 heteroatoms. The number of nitrogens with zero attached hydrogens (tertiary/aromatic N) is 1. The molecule has 2 aliphatic carbocycles. The molecule has 1 unspecified atom stereocenters. The fourth-order valence-corrected chi connectivity index (χ4v) is 4.39. The lowest BCUT2D eigenvalue weighted by atomic mass is 9.91. The second-order valence-corrected chi connectivity index (χ2v) is 10.5. The Hall–Kier alpha value is -3.04. The molecule has 0 aliphatic heterocycles. The zero-order valence-electron chi connectivity index (χ0n) is 25.2. The number of alkyl halides is 5. The van der Waals surface area contributed by atoms with E-state index in [1.165, 1.54) is 50.8 Å². The summed E-state index contributed by atoms with van der Waals surface area (Å²) >= 11 is 0. The summed E-state index contributed by atoms with van der Waals surface area (Å²) in [4.78, 5) is 23.4. The highest BCUT2D eigenvalue weighted by Crippen LogP contribution is 2.41. The minimum atomic E-state index is -4.67. The lowest BCUT2D eigenvalue weighted by Crippen LogP contribution is -2.51. The first-order valence-corrected chi connectivity index (χ1v) is 14.4. The number of rotatable bonds is 9. The first-order chi connectivity index (χ1) is 19.7. The lowest BCUT2D eigenvalue weighted by Gasteiger charge is -2.34. The second-order valence-electron chi connectivity index (χ2n) is 10.5. The molecule has 42 heavy (non-hydrogen) atoms. The van der Waals surface area contributed by atoms with Gasteiger partial charge in [-0.3, -0.25) is 4.79 Å². The molecule has 0 heterocycles. The van der Waals surface area contributed by atoms with Gasteiger partial charge in [0.05, 0.1) is 11.3 Å².